The Kier molecular flexibility index (Phi) is 5.27. The number of aromatic nitrogens is 1. The molecule has 2 rings (SSSR count). The van der Waals surface area contributed by atoms with Crippen molar-refractivity contribution in [2.75, 3.05) is 11.9 Å². The van der Waals surface area contributed by atoms with Crippen molar-refractivity contribution in [3.05, 3.63) is 50.5 Å². The van der Waals surface area contributed by atoms with E-state index in [0.29, 0.717) is 27.4 Å². The highest BCUT2D eigenvalue weighted by molar-refractivity contribution is 7.99. The number of anilines is 1. The molecule has 2 aromatic rings. The normalized spacial score (nSPS) is 10.4. The number of rotatable bonds is 5. The summed E-state index contributed by atoms with van der Waals surface area (Å²) >= 11 is 13.0. The van der Waals surface area contributed by atoms with Gasteiger partial charge in [0.15, 0.2) is 5.03 Å². The molecule has 8 heteroatoms. The van der Waals surface area contributed by atoms with Crippen molar-refractivity contribution >= 4 is 46.5 Å². The Hall–Kier alpha value is -1.50. The lowest BCUT2D eigenvalue weighted by Gasteiger charge is -2.07. The average Bonchev–Trinajstić information content (AvgIpc) is 2.43. The first kappa shape index (κ1) is 15.9. The predicted octanol–water partition coefficient (Wildman–Crippen LogP) is 4.88. The molecule has 0 saturated heterocycles. The zero-order valence-corrected chi connectivity index (χ0v) is 13.3. The fourth-order valence-electron chi connectivity index (χ4n) is 1.58. The maximum atomic E-state index is 11.1. The van der Waals surface area contributed by atoms with E-state index in [1.807, 2.05) is 6.92 Å². The fraction of sp³-hybridized carbons (Fsp3) is 0.154. The third-order valence-corrected chi connectivity index (χ3v) is 4.22. The minimum Gasteiger partial charge on any atom is -0.370 e. The monoisotopic (exact) mass is 343 g/mol. The summed E-state index contributed by atoms with van der Waals surface area (Å²) in [5, 5.41) is 15.2. The minimum atomic E-state index is -0.456. The summed E-state index contributed by atoms with van der Waals surface area (Å²) in [5.41, 5.74) is -0.0484. The highest BCUT2D eigenvalue weighted by Crippen LogP contribution is 2.36. The summed E-state index contributed by atoms with van der Waals surface area (Å²) in [7, 11) is 0. The van der Waals surface area contributed by atoms with E-state index in [1.165, 1.54) is 17.8 Å². The topological polar surface area (TPSA) is 68.1 Å². The molecule has 21 heavy (non-hydrogen) atoms. The van der Waals surface area contributed by atoms with E-state index in [4.69, 9.17) is 23.2 Å². The smallest absolute Gasteiger partial charge is 0.301 e. The number of nitrogens with zero attached hydrogens (tertiary/aromatic N) is 2. The van der Waals surface area contributed by atoms with Crippen LogP contribution in [0.15, 0.2) is 40.3 Å². The Balaban J connectivity index is 2.37. The van der Waals surface area contributed by atoms with Gasteiger partial charge in [-0.05, 0) is 31.2 Å². The van der Waals surface area contributed by atoms with Gasteiger partial charge in [0.2, 0.25) is 0 Å². The number of nitrogens with one attached hydrogen (secondary N) is 1. The second-order valence-electron chi connectivity index (χ2n) is 3.99. The molecule has 0 spiro atoms. The van der Waals surface area contributed by atoms with Gasteiger partial charge < -0.3 is 5.32 Å². The van der Waals surface area contributed by atoms with E-state index in [-0.39, 0.29) is 5.69 Å². The maximum absolute atomic E-state index is 11.1. The molecule has 5 nitrogen and oxygen atoms in total. The lowest BCUT2D eigenvalue weighted by atomic mass is 10.4. The highest BCUT2D eigenvalue weighted by atomic mass is 35.5. The molecular weight excluding hydrogens is 333 g/mol. The fourth-order valence-corrected chi connectivity index (χ4v) is 2.87. The lowest BCUT2D eigenvalue weighted by Crippen LogP contribution is -2.01. The van der Waals surface area contributed by atoms with Crippen molar-refractivity contribution < 1.29 is 4.92 Å². The Bertz CT molecular complexity index is 682. The van der Waals surface area contributed by atoms with Crippen molar-refractivity contribution in [2.45, 2.75) is 16.8 Å². The van der Waals surface area contributed by atoms with Gasteiger partial charge in [-0.1, -0.05) is 35.0 Å². The minimum absolute atomic E-state index is 0.0484. The van der Waals surface area contributed by atoms with Crippen LogP contribution in [0.5, 0.6) is 0 Å². The standard InChI is InChI=1S/C13H11Cl2N3O2S/c1-2-16-12-6-5-11(18(19)20)13(17-12)21-8-3-4-9(14)10(15)7-8/h3-7H,2H2,1H3,(H,16,17). The molecule has 1 N–H and O–H groups in total. The molecule has 0 aliphatic carbocycles. The molecular formula is C13H11Cl2N3O2S. The van der Waals surface area contributed by atoms with Gasteiger partial charge in [0, 0.05) is 17.5 Å². The maximum Gasteiger partial charge on any atom is 0.301 e. The number of hydrogen-bond donors (Lipinski definition) is 1. The van der Waals surface area contributed by atoms with Gasteiger partial charge in [0.1, 0.15) is 5.82 Å². The molecule has 0 aliphatic heterocycles. The van der Waals surface area contributed by atoms with Crippen LogP contribution < -0.4 is 5.32 Å². The predicted molar refractivity (Wildman–Crippen MR) is 85.6 cm³/mol. The Labute approximate surface area is 135 Å². The highest BCUT2D eigenvalue weighted by Gasteiger charge is 2.17. The number of nitro groups is 1. The van der Waals surface area contributed by atoms with Crippen LogP contribution in [-0.2, 0) is 0 Å². The van der Waals surface area contributed by atoms with Gasteiger partial charge in [-0.3, -0.25) is 10.1 Å². The summed E-state index contributed by atoms with van der Waals surface area (Å²) in [4.78, 5) is 15.6. The van der Waals surface area contributed by atoms with Gasteiger partial charge in [0.05, 0.1) is 15.0 Å². The zero-order chi connectivity index (χ0) is 15.4. The quantitative estimate of drug-likeness (QED) is 0.618. The van der Waals surface area contributed by atoms with Crippen molar-refractivity contribution in [2.24, 2.45) is 0 Å². The van der Waals surface area contributed by atoms with Gasteiger partial charge >= 0.3 is 5.69 Å². The summed E-state index contributed by atoms with van der Waals surface area (Å²) in [6.07, 6.45) is 0. The Morgan fingerprint density at radius 1 is 1.29 bits per heavy atom. The molecule has 0 aliphatic rings. The van der Waals surface area contributed by atoms with Gasteiger partial charge in [0.25, 0.3) is 0 Å². The van der Waals surface area contributed by atoms with Gasteiger partial charge in [-0.2, -0.15) is 0 Å². The van der Waals surface area contributed by atoms with Crippen LogP contribution in [0.4, 0.5) is 11.5 Å². The molecule has 0 radical (unpaired) electrons. The second-order valence-corrected chi connectivity index (χ2v) is 5.86. The average molecular weight is 344 g/mol. The van der Waals surface area contributed by atoms with E-state index in [1.54, 1.807) is 24.3 Å². The van der Waals surface area contributed by atoms with Crippen LogP contribution in [0.3, 0.4) is 0 Å². The molecule has 1 heterocycles. The number of pyridine rings is 1. The number of benzene rings is 1. The molecule has 1 aromatic heterocycles. The SMILES string of the molecule is CCNc1ccc([N+](=O)[O-])c(Sc2ccc(Cl)c(Cl)c2)n1. The zero-order valence-electron chi connectivity index (χ0n) is 11.0. The van der Waals surface area contributed by atoms with E-state index in [9.17, 15) is 10.1 Å². The molecule has 0 fully saturated rings. The second kappa shape index (κ2) is 6.98. The Morgan fingerprint density at radius 2 is 2.05 bits per heavy atom. The van der Waals surface area contributed by atoms with E-state index in [0.717, 1.165) is 4.90 Å². The van der Waals surface area contributed by atoms with Crippen LogP contribution >= 0.6 is 35.0 Å². The summed E-state index contributed by atoms with van der Waals surface area (Å²) in [5.74, 6) is 0.589. The van der Waals surface area contributed by atoms with E-state index < -0.39 is 4.92 Å². The van der Waals surface area contributed by atoms with Crippen molar-refractivity contribution in [1.82, 2.24) is 4.98 Å². The number of halogens is 2. The molecule has 1 aromatic carbocycles. The summed E-state index contributed by atoms with van der Waals surface area (Å²) in [6, 6.07) is 8.06. The van der Waals surface area contributed by atoms with Crippen LogP contribution in [0, 0.1) is 10.1 Å². The molecule has 0 bridgehead atoms. The first-order valence-electron chi connectivity index (χ1n) is 6.03. The van der Waals surface area contributed by atoms with Crippen molar-refractivity contribution in [3.8, 4) is 0 Å². The van der Waals surface area contributed by atoms with Gasteiger partial charge in [-0.15, -0.1) is 0 Å². The molecule has 110 valence electrons. The third-order valence-electron chi connectivity index (χ3n) is 2.50. The molecule has 0 saturated carbocycles. The van der Waals surface area contributed by atoms with Crippen LogP contribution in [0.25, 0.3) is 0 Å². The first-order chi connectivity index (χ1) is 10.0. The lowest BCUT2D eigenvalue weighted by molar-refractivity contribution is -0.388. The van der Waals surface area contributed by atoms with Crippen LogP contribution in [0.1, 0.15) is 6.92 Å². The van der Waals surface area contributed by atoms with Crippen molar-refractivity contribution in [1.29, 1.82) is 0 Å². The van der Waals surface area contributed by atoms with Crippen LogP contribution in [0.2, 0.25) is 10.0 Å². The molecule has 0 atom stereocenters. The molecule has 0 unspecified atom stereocenters. The van der Waals surface area contributed by atoms with E-state index >= 15 is 0 Å². The van der Waals surface area contributed by atoms with Gasteiger partial charge in [-0.25, -0.2) is 4.98 Å². The van der Waals surface area contributed by atoms with Crippen LogP contribution in [-0.4, -0.2) is 16.5 Å². The molecule has 0 amide bonds. The summed E-state index contributed by atoms with van der Waals surface area (Å²) in [6.45, 7) is 2.61. The summed E-state index contributed by atoms with van der Waals surface area (Å²) < 4.78 is 0. The third kappa shape index (κ3) is 4.00. The first-order valence-corrected chi connectivity index (χ1v) is 7.60. The Morgan fingerprint density at radius 3 is 2.67 bits per heavy atom. The number of hydrogen-bond acceptors (Lipinski definition) is 5. The van der Waals surface area contributed by atoms with Crippen molar-refractivity contribution in [3.63, 3.8) is 0 Å². The largest absolute Gasteiger partial charge is 0.370 e. The van der Waals surface area contributed by atoms with E-state index in [2.05, 4.69) is 10.3 Å².